The lowest BCUT2D eigenvalue weighted by Crippen LogP contribution is -2.53. The number of carbonyl (C=O) groups is 1. The number of methoxy groups -OCH3 is 1. The van der Waals surface area contributed by atoms with E-state index in [0.29, 0.717) is 6.42 Å². The van der Waals surface area contributed by atoms with Crippen LogP contribution in [-0.4, -0.2) is 44.9 Å². The van der Waals surface area contributed by atoms with E-state index in [0.717, 1.165) is 19.2 Å². The second-order valence-electron chi connectivity index (χ2n) is 6.36. The number of halogens is 2. The van der Waals surface area contributed by atoms with E-state index in [1.165, 1.54) is 10.4 Å². The first kappa shape index (κ1) is 20.8. The average molecular weight is 381 g/mol. The van der Waals surface area contributed by atoms with Crippen LogP contribution < -0.4 is 5.73 Å². The van der Waals surface area contributed by atoms with E-state index >= 15 is 0 Å². The number of hydrogen-bond acceptors (Lipinski definition) is 5. The molecule has 0 aliphatic carbocycles. The van der Waals surface area contributed by atoms with Crippen LogP contribution in [0.4, 0.5) is 4.39 Å². The second-order valence-corrected chi connectivity index (χ2v) is 8.29. The van der Waals surface area contributed by atoms with Gasteiger partial charge in [0.1, 0.15) is 5.82 Å². The Morgan fingerprint density at radius 1 is 1.42 bits per heavy atom. The predicted octanol–water partition coefficient (Wildman–Crippen LogP) is 1.78. The van der Waals surface area contributed by atoms with Crippen molar-refractivity contribution in [3.05, 3.63) is 29.6 Å². The molecule has 6 nitrogen and oxygen atoms in total. The molecule has 2 N–H and O–H groups in total. The molecule has 1 saturated heterocycles. The number of sulfonamides is 1. The number of rotatable bonds is 3. The SMILES string of the molecule is COC(=O)c1ccc(S(=O)(=O)N2CCC(N)C(C)(C)C2)cc1F.Cl. The molecule has 1 aliphatic rings. The molecule has 1 heterocycles. The Kier molecular flexibility index (Phi) is 6.37. The first-order valence-corrected chi connectivity index (χ1v) is 8.67. The van der Waals surface area contributed by atoms with Gasteiger partial charge >= 0.3 is 5.97 Å². The summed E-state index contributed by atoms with van der Waals surface area (Å²) < 4.78 is 45.1. The molecule has 1 aromatic rings. The highest BCUT2D eigenvalue weighted by Gasteiger charge is 2.39. The zero-order chi connectivity index (χ0) is 17.4. The van der Waals surface area contributed by atoms with Gasteiger partial charge in [-0.2, -0.15) is 4.31 Å². The van der Waals surface area contributed by atoms with Crippen molar-refractivity contribution in [3.8, 4) is 0 Å². The molecule has 1 atom stereocenters. The Morgan fingerprint density at radius 2 is 2.04 bits per heavy atom. The highest BCUT2D eigenvalue weighted by Crippen LogP contribution is 2.31. The van der Waals surface area contributed by atoms with Gasteiger partial charge in [0, 0.05) is 19.1 Å². The number of piperidine rings is 1. The number of esters is 1. The van der Waals surface area contributed by atoms with Crippen LogP contribution in [0.15, 0.2) is 23.1 Å². The minimum Gasteiger partial charge on any atom is -0.465 e. The number of nitrogens with zero attached hydrogens (tertiary/aromatic N) is 1. The Bertz CT molecular complexity index is 724. The number of benzene rings is 1. The lowest BCUT2D eigenvalue weighted by molar-refractivity contribution is 0.0595. The van der Waals surface area contributed by atoms with E-state index in [4.69, 9.17) is 5.73 Å². The van der Waals surface area contributed by atoms with E-state index < -0.39 is 21.8 Å². The highest BCUT2D eigenvalue weighted by atomic mass is 35.5. The molecule has 0 saturated carbocycles. The first-order chi connectivity index (χ1) is 10.6. The van der Waals surface area contributed by atoms with Crippen LogP contribution in [0.1, 0.15) is 30.6 Å². The normalized spacial score (nSPS) is 21.0. The molecule has 136 valence electrons. The van der Waals surface area contributed by atoms with E-state index in [-0.39, 0.29) is 47.4 Å². The van der Waals surface area contributed by atoms with E-state index in [1.54, 1.807) is 0 Å². The summed E-state index contributed by atoms with van der Waals surface area (Å²) in [5.41, 5.74) is 5.35. The Hall–Kier alpha value is -1.22. The maximum atomic E-state index is 14.0. The fourth-order valence-electron chi connectivity index (χ4n) is 2.61. The Labute approximate surface area is 147 Å². The molecule has 0 radical (unpaired) electrons. The van der Waals surface area contributed by atoms with Crippen molar-refractivity contribution in [1.29, 1.82) is 0 Å². The fourth-order valence-corrected chi connectivity index (χ4v) is 4.25. The van der Waals surface area contributed by atoms with Crippen LogP contribution in [0.3, 0.4) is 0 Å². The molecule has 1 fully saturated rings. The van der Waals surface area contributed by atoms with Gasteiger partial charge < -0.3 is 10.5 Å². The van der Waals surface area contributed by atoms with Crippen molar-refractivity contribution in [2.45, 2.75) is 31.2 Å². The van der Waals surface area contributed by atoms with Gasteiger partial charge in [0.05, 0.1) is 17.6 Å². The van der Waals surface area contributed by atoms with Gasteiger partial charge in [-0.1, -0.05) is 13.8 Å². The van der Waals surface area contributed by atoms with Gasteiger partial charge in [0.25, 0.3) is 0 Å². The second kappa shape index (κ2) is 7.35. The molecular weight excluding hydrogens is 359 g/mol. The lowest BCUT2D eigenvalue weighted by atomic mass is 9.81. The van der Waals surface area contributed by atoms with Crippen LogP contribution in [0.5, 0.6) is 0 Å². The third kappa shape index (κ3) is 3.88. The first-order valence-electron chi connectivity index (χ1n) is 7.23. The largest absolute Gasteiger partial charge is 0.465 e. The number of nitrogens with two attached hydrogens (primary N) is 1. The third-order valence-corrected chi connectivity index (χ3v) is 6.10. The minimum atomic E-state index is -3.84. The summed E-state index contributed by atoms with van der Waals surface area (Å²) in [6, 6.07) is 3.09. The molecule has 1 aromatic carbocycles. The summed E-state index contributed by atoms with van der Waals surface area (Å²) in [6.45, 7) is 4.35. The fraction of sp³-hybridized carbons (Fsp3) is 0.533. The van der Waals surface area contributed by atoms with E-state index in [9.17, 15) is 17.6 Å². The van der Waals surface area contributed by atoms with Crippen LogP contribution in [0.25, 0.3) is 0 Å². The van der Waals surface area contributed by atoms with Crippen LogP contribution in [0, 0.1) is 11.2 Å². The average Bonchev–Trinajstić information content (AvgIpc) is 2.48. The molecule has 0 spiro atoms. The molecule has 0 aromatic heterocycles. The van der Waals surface area contributed by atoms with Crippen LogP contribution in [-0.2, 0) is 14.8 Å². The molecule has 1 unspecified atom stereocenters. The lowest BCUT2D eigenvalue weighted by Gasteiger charge is -2.41. The van der Waals surface area contributed by atoms with Crippen molar-refractivity contribution in [2.24, 2.45) is 11.1 Å². The van der Waals surface area contributed by atoms with Crippen LogP contribution >= 0.6 is 12.4 Å². The molecule has 0 bridgehead atoms. The van der Waals surface area contributed by atoms with Crippen molar-refractivity contribution < 1.29 is 22.3 Å². The smallest absolute Gasteiger partial charge is 0.340 e. The number of carbonyl (C=O) groups excluding carboxylic acids is 1. The highest BCUT2D eigenvalue weighted by molar-refractivity contribution is 7.89. The van der Waals surface area contributed by atoms with E-state index in [1.807, 2.05) is 13.8 Å². The summed E-state index contributed by atoms with van der Waals surface area (Å²) in [6.07, 6.45) is 0.537. The molecule has 0 amide bonds. The molecule has 1 aliphatic heterocycles. The summed E-state index contributed by atoms with van der Waals surface area (Å²) >= 11 is 0. The summed E-state index contributed by atoms with van der Waals surface area (Å²) in [7, 11) is -2.71. The topological polar surface area (TPSA) is 89.7 Å². The third-order valence-electron chi connectivity index (χ3n) is 4.26. The van der Waals surface area contributed by atoms with Crippen molar-refractivity contribution in [2.75, 3.05) is 20.2 Å². The van der Waals surface area contributed by atoms with Crippen molar-refractivity contribution >= 4 is 28.4 Å². The van der Waals surface area contributed by atoms with Crippen LogP contribution in [0.2, 0.25) is 0 Å². The monoisotopic (exact) mass is 380 g/mol. The van der Waals surface area contributed by atoms with Gasteiger partial charge in [0.15, 0.2) is 0 Å². The van der Waals surface area contributed by atoms with Gasteiger partial charge in [-0.05, 0) is 30.0 Å². The number of ether oxygens (including phenoxy) is 1. The van der Waals surface area contributed by atoms with Gasteiger partial charge in [-0.3, -0.25) is 0 Å². The maximum absolute atomic E-state index is 14.0. The molecular formula is C15H22ClFN2O4S. The predicted molar refractivity (Wildman–Crippen MR) is 90.1 cm³/mol. The Morgan fingerprint density at radius 3 is 2.54 bits per heavy atom. The quantitative estimate of drug-likeness (QED) is 0.807. The number of hydrogen-bond donors (Lipinski definition) is 1. The maximum Gasteiger partial charge on any atom is 0.340 e. The van der Waals surface area contributed by atoms with Gasteiger partial charge in [0.2, 0.25) is 10.0 Å². The minimum absolute atomic E-state index is 0. The zero-order valence-electron chi connectivity index (χ0n) is 13.8. The molecule has 2 rings (SSSR count). The van der Waals surface area contributed by atoms with Crippen molar-refractivity contribution in [1.82, 2.24) is 4.31 Å². The summed E-state index contributed by atoms with van der Waals surface area (Å²) in [5.74, 6) is -1.78. The van der Waals surface area contributed by atoms with E-state index in [2.05, 4.69) is 4.74 Å². The standard InChI is InChI=1S/C15H21FN2O4S.ClH/c1-15(2)9-18(7-6-13(15)17)23(20,21)10-4-5-11(12(16)8-10)14(19)22-3;/h4-5,8,13H,6-7,9,17H2,1-3H3;1H. The summed E-state index contributed by atoms with van der Waals surface area (Å²) in [5, 5.41) is 0. The molecule has 24 heavy (non-hydrogen) atoms. The van der Waals surface area contributed by atoms with Gasteiger partial charge in [-0.15, -0.1) is 12.4 Å². The van der Waals surface area contributed by atoms with Crippen molar-refractivity contribution in [3.63, 3.8) is 0 Å². The Balaban J connectivity index is 0.00000288. The molecule has 9 heteroatoms. The zero-order valence-corrected chi connectivity index (χ0v) is 15.4. The summed E-state index contributed by atoms with van der Waals surface area (Å²) in [4.78, 5) is 11.2. The van der Waals surface area contributed by atoms with Gasteiger partial charge in [-0.25, -0.2) is 17.6 Å².